The van der Waals surface area contributed by atoms with Gasteiger partial charge in [0.15, 0.2) is 0 Å². The molecule has 0 fully saturated rings. The number of hydrogen-bond acceptors (Lipinski definition) is 3. The molecule has 1 rings (SSSR count). The SMILES string of the molecule is CC(Cc1ccccn1)NC(=O)OC(C)(C)C. The van der Waals surface area contributed by atoms with Crippen molar-refractivity contribution in [2.75, 3.05) is 0 Å². The minimum atomic E-state index is -0.463. The zero-order valence-electron chi connectivity index (χ0n) is 10.9. The summed E-state index contributed by atoms with van der Waals surface area (Å²) in [5.41, 5.74) is 0.491. The topological polar surface area (TPSA) is 51.2 Å². The molecule has 1 aromatic rings. The van der Waals surface area contributed by atoms with Crippen LogP contribution in [0.4, 0.5) is 4.79 Å². The summed E-state index contributed by atoms with van der Waals surface area (Å²) in [7, 11) is 0. The van der Waals surface area contributed by atoms with Gasteiger partial charge in [-0.25, -0.2) is 4.79 Å². The second-order valence-electron chi connectivity index (χ2n) is 5.07. The van der Waals surface area contributed by atoms with Gasteiger partial charge in [-0.15, -0.1) is 0 Å². The molecule has 94 valence electrons. The van der Waals surface area contributed by atoms with Gasteiger partial charge in [0.25, 0.3) is 0 Å². The number of hydrogen-bond donors (Lipinski definition) is 1. The van der Waals surface area contributed by atoms with E-state index >= 15 is 0 Å². The molecule has 0 aliphatic rings. The van der Waals surface area contributed by atoms with Crippen molar-refractivity contribution >= 4 is 6.09 Å². The average molecular weight is 236 g/mol. The van der Waals surface area contributed by atoms with Crippen LogP contribution in [-0.2, 0) is 11.2 Å². The molecule has 17 heavy (non-hydrogen) atoms. The molecule has 1 N–H and O–H groups in total. The number of aromatic nitrogens is 1. The molecule has 4 nitrogen and oxygen atoms in total. The zero-order chi connectivity index (χ0) is 12.9. The summed E-state index contributed by atoms with van der Waals surface area (Å²) < 4.78 is 5.18. The number of alkyl carbamates (subject to hydrolysis) is 1. The van der Waals surface area contributed by atoms with Crippen LogP contribution < -0.4 is 5.32 Å². The van der Waals surface area contributed by atoms with Crippen LogP contribution in [0, 0.1) is 0 Å². The highest BCUT2D eigenvalue weighted by Crippen LogP contribution is 2.07. The Hall–Kier alpha value is -1.58. The third-order valence-corrected chi connectivity index (χ3v) is 2.00. The molecule has 0 aliphatic heterocycles. The number of nitrogens with one attached hydrogen (secondary N) is 1. The first-order valence-corrected chi connectivity index (χ1v) is 5.76. The van der Waals surface area contributed by atoms with Crippen LogP contribution in [0.25, 0.3) is 0 Å². The molecule has 0 bridgehead atoms. The minimum absolute atomic E-state index is 0.000231. The summed E-state index contributed by atoms with van der Waals surface area (Å²) in [6.45, 7) is 7.46. The first kappa shape index (κ1) is 13.5. The van der Waals surface area contributed by atoms with Gasteiger partial charge in [-0.3, -0.25) is 4.98 Å². The van der Waals surface area contributed by atoms with Crippen molar-refractivity contribution < 1.29 is 9.53 Å². The van der Waals surface area contributed by atoms with Gasteiger partial charge >= 0.3 is 6.09 Å². The number of rotatable bonds is 3. The summed E-state index contributed by atoms with van der Waals surface area (Å²) in [4.78, 5) is 15.7. The van der Waals surface area contributed by atoms with Crippen molar-refractivity contribution in [2.45, 2.75) is 45.8 Å². The van der Waals surface area contributed by atoms with Crippen LogP contribution in [0.2, 0.25) is 0 Å². The Bertz CT molecular complexity index is 357. The maximum absolute atomic E-state index is 11.5. The van der Waals surface area contributed by atoms with E-state index in [1.807, 2.05) is 45.9 Å². The van der Waals surface area contributed by atoms with Crippen LogP contribution in [0.1, 0.15) is 33.4 Å². The molecule has 0 spiro atoms. The first-order valence-electron chi connectivity index (χ1n) is 5.76. The van der Waals surface area contributed by atoms with Crippen LogP contribution in [0.15, 0.2) is 24.4 Å². The lowest BCUT2D eigenvalue weighted by Crippen LogP contribution is -2.38. The molecular weight excluding hydrogens is 216 g/mol. The van der Waals surface area contributed by atoms with Crippen LogP contribution in [-0.4, -0.2) is 22.7 Å². The third-order valence-electron chi connectivity index (χ3n) is 2.00. The van der Waals surface area contributed by atoms with Crippen LogP contribution in [0.3, 0.4) is 0 Å². The van der Waals surface area contributed by atoms with Gasteiger partial charge in [-0.2, -0.15) is 0 Å². The van der Waals surface area contributed by atoms with Crippen LogP contribution >= 0.6 is 0 Å². The third kappa shape index (κ3) is 5.90. The smallest absolute Gasteiger partial charge is 0.407 e. The maximum Gasteiger partial charge on any atom is 0.407 e. The zero-order valence-corrected chi connectivity index (χ0v) is 10.9. The van der Waals surface area contributed by atoms with E-state index in [1.165, 1.54) is 0 Å². The normalized spacial score (nSPS) is 12.9. The maximum atomic E-state index is 11.5. The molecular formula is C13H20N2O2. The molecule has 1 aromatic heterocycles. The Labute approximate surface area is 102 Å². The van der Waals surface area contributed by atoms with Gasteiger partial charge in [0.1, 0.15) is 5.60 Å². The highest BCUT2D eigenvalue weighted by molar-refractivity contribution is 5.68. The Balaban J connectivity index is 2.40. The molecule has 1 amide bonds. The number of nitrogens with zero attached hydrogens (tertiary/aromatic N) is 1. The molecule has 0 aliphatic carbocycles. The van der Waals surface area contributed by atoms with Gasteiger partial charge in [0.2, 0.25) is 0 Å². The number of carbonyl (C=O) groups excluding carboxylic acids is 1. The summed E-state index contributed by atoms with van der Waals surface area (Å²) >= 11 is 0. The summed E-state index contributed by atoms with van der Waals surface area (Å²) in [5.74, 6) is 0. The highest BCUT2D eigenvalue weighted by atomic mass is 16.6. The van der Waals surface area contributed by atoms with Crippen molar-refractivity contribution in [3.8, 4) is 0 Å². The van der Waals surface area contributed by atoms with E-state index in [9.17, 15) is 4.79 Å². The van der Waals surface area contributed by atoms with Crippen molar-refractivity contribution in [3.63, 3.8) is 0 Å². The Morgan fingerprint density at radius 1 is 1.47 bits per heavy atom. The molecule has 1 atom stereocenters. The number of amides is 1. The van der Waals surface area contributed by atoms with Crippen molar-refractivity contribution in [1.82, 2.24) is 10.3 Å². The number of carbonyl (C=O) groups is 1. The van der Waals surface area contributed by atoms with E-state index in [4.69, 9.17) is 4.74 Å². The molecule has 0 aromatic carbocycles. The Kier molecular flexibility index (Phi) is 4.49. The first-order chi connectivity index (χ1) is 7.87. The monoisotopic (exact) mass is 236 g/mol. The van der Waals surface area contributed by atoms with Crippen molar-refractivity contribution in [2.24, 2.45) is 0 Å². The average Bonchev–Trinajstić information content (AvgIpc) is 2.15. The highest BCUT2D eigenvalue weighted by Gasteiger charge is 2.17. The summed E-state index contributed by atoms with van der Waals surface area (Å²) in [6, 6.07) is 5.74. The molecule has 1 unspecified atom stereocenters. The van der Waals surface area contributed by atoms with Gasteiger partial charge < -0.3 is 10.1 Å². The lowest BCUT2D eigenvalue weighted by atomic mass is 10.1. The van der Waals surface area contributed by atoms with E-state index in [0.717, 1.165) is 5.69 Å². The van der Waals surface area contributed by atoms with Gasteiger partial charge in [-0.1, -0.05) is 6.07 Å². The largest absolute Gasteiger partial charge is 0.444 e. The fraction of sp³-hybridized carbons (Fsp3) is 0.538. The number of pyridine rings is 1. The van der Waals surface area contributed by atoms with Crippen molar-refractivity contribution in [3.05, 3.63) is 30.1 Å². The lowest BCUT2D eigenvalue weighted by molar-refractivity contribution is 0.0508. The van der Waals surface area contributed by atoms with E-state index in [1.54, 1.807) is 6.20 Å². The Morgan fingerprint density at radius 2 is 2.18 bits per heavy atom. The fourth-order valence-electron chi connectivity index (χ4n) is 1.39. The van der Waals surface area contributed by atoms with E-state index in [0.29, 0.717) is 6.42 Å². The standard InChI is InChI=1S/C13H20N2O2/c1-10(9-11-7-5-6-8-14-11)15-12(16)17-13(2,3)4/h5-8,10H,9H2,1-4H3,(H,15,16). The van der Waals surface area contributed by atoms with Gasteiger partial charge in [0.05, 0.1) is 0 Å². The predicted octanol–water partition coefficient (Wildman–Crippen LogP) is 2.54. The molecule has 0 saturated carbocycles. The van der Waals surface area contributed by atoms with Crippen molar-refractivity contribution in [1.29, 1.82) is 0 Å². The molecule has 0 saturated heterocycles. The minimum Gasteiger partial charge on any atom is -0.444 e. The van der Waals surface area contributed by atoms with E-state index in [2.05, 4.69) is 10.3 Å². The predicted molar refractivity (Wildman–Crippen MR) is 66.8 cm³/mol. The van der Waals surface area contributed by atoms with Crippen LogP contribution in [0.5, 0.6) is 0 Å². The molecule has 4 heteroatoms. The second-order valence-corrected chi connectivity index (χ2v) is 5.07. The summed E-state index contributed by atoms with van der Waals surface area (Å²) in [6.07, 6.45) is 2.05. The number of ether oxygens (including phenoxy) is 1. The Morgan fingerprint density at radius 3 is 2.71 bits per heavy atom. The van der Waals surface area contributed by atoms with Gasteiger partial charge in [0, 0.05) is 24.4 Å². The lowest BCUT2D eigenvalue weighted by Gasteiger charge is -2.21. The van der Waals surface area contributed by atoms with Gasteiger partial charge in [-0.05, 0) is 39.8 Å². The summed E-state index contributed by atoms with van der Waals surface area (Å²) in [5, 5.41) is 2.78. The second kappa shape index (κ2) is 5.66. The quantitative estimate of drug-likeness (QED) is 0.877. The fourth-order valence-corrected chi connectivity index (χ4v) is 1.39. The van der Waals surface area contributed by atoms with E-state index in [-0.39, 0.29) is 12.1 Å². The van der Waals surface area contributed by atoms with E-state index < -0.39 is 5.60 Å². The molecule has 0 radical (unpaired) electrons. The molecule has 1 heterocycles.